The van der Waals surface area contributed by atoms with Gasteiger partial charge in [0.2, 0.25) is 0 Å². The molecule has 7 aromatic carbocycles. The quantitative estimate of drug-likeness (QED) is 0.217. The molecule has 2 heteroatoms. The minimum Gasteiger partial charge on any atom is -0.309 e. The molecule has 1 nitrogen and oxygen atoms in total. The lowest BCUT2D eigenvalue weighted by Gasteiger charge is -2.21. The number of nitrogens with zero attached hydrogens (tertiary/aromatic N) is 1. The van der Waals surface area contributed by atoms with Crippen LogP contribution in [0.4, 0.5) is 0 Å². The lowest BCUT2D eigenvalue weighted by Crippen LogP contribution is -1.96. The van der Waals surface area contributed by atoms with Gasteiger partial charge >= 0.3 is 0 Å². The monoisotopic (exact) mass is 525 g/mol. The van der Waals surface area contributed by atoms with E-state index in [0.717, 1.165) is 0 Å². The largest absolute Gasteiger partial charge is 0.309 e. The Kier molecular flexibility index (Phi) is 4.61. The fraction of sp³-hybridized carbons (Fsp3) is 0. The number of aromatic nitrogens is 1. The maximum absolute atomic E-state index is 2.46. The molecule has 0 aliphatic carbocycles. The van der Waals surface area contributed by atoms with Crippen LogP contribution in [0.3, 0.4) is 0 Å². The van der Waals surface area contributed by atoms with E-state index in [1.54, 1.807) is 0 Å². The molecule has 9 rings (SSSR count). The average Bonchev–Trinajstić information content (AvgIpc) is 3.37. The number of rotatable bonds is 2. The van der Waals surface area contributed by atoms with E-state index >= 15 is 0 Å². The van der Waals surface area contributed by atoms with E-state index in [-0.39, 0.29) is 0 Å². The maximum Gasteiger partial charge on any atom is 0.0619 e. The second-order valence-corrected chi connectivity index (χ2v) is 11.6. The van der Waals surface area contributed by atoms with Crippen LogP contribution in [-0.2, 0) is 0 Å². The van der Waals surface area contributed by atoms with E-state index in [2.05, 4.69) is 144 Å². The van der Waals surface area contributed by atoms with E-state index in [4.69, 9.17) is 0 Å². The molecule has 0 unspecified atom stereocenters. The number of hydrogen-bond acceptors (Lipinski definition) is 1. The number of hydrogen-bond donors (Lipinski definition) is 0. The van der Waals surface area contributed by atoms with E-state index in [0.29, 0.717) is 0 Å². The lowest BCUT2D eigenvalue weighted by molar-refractivity contribution is 1.18. The molecule has 0 radical (unpaired) electrons. The Morgan fingerprint density at radius 3 is 2.12 bits per heavy atom. The van der Waals surface area contributed by atoms with Gasteiger partial charge in [0.05, 0.1) is 11.0 Å². The zero-order valence-electron chi connectivity index (χ0n) is 21.6. The van der Waals surface area contributed by atoms with Gasteiger partial charge in [-0.15, -0.1) is 0 Å². The molecule has 0 saturated heterocycles. The van der Waals surface area contributed by atoms with Crippen molar-refractivity contribution in [3.63, 3.8) is 0 Å². The Labute approximate surface area is 236 Å². The van der Waals surface area contributed by atoms with Crippen molar-refractivity contribution < 1.29 is 0 Å². The summed E-state index contributed by atoms with van der Waals surface area (Å²) in [5, 5.41) is 7.82. The molecule has 8 aromatic rings. The van der Waals surface area contributed by atoms with Crippen LogP contribution in [0.25, 0.3) is 71.3 Å². The van der Waals surface area contributed by atoms with Crippen LogP contribution in [-0.4, -0.2) is 4.57 Å². The smallest absolute Gasteiger partial charge is 0.0619 e. The minimum absolute atomic E-state index is 1.18. The summed E-state index contributed by atoms with van der Waals surface area (Å²) in [5.41, 5.74) is 8.80. The summed E-state index contributed by atoms with van der Waals surface area (Å²) in [5.74, 6) is 0. The van der Waals surface area contributed by atoms with Crippen molar-refractivity contribution in [2.24, 2.45) is 0 Å². The molecule has 40 heavy (non-hydrogen) atoms. The molecule has 0 bridgehead atoms. The van der Waals surface area contributed by atoms with Crippen molar-refractivity contribution >= 4 is 55.1 Å². The molecular weight excluding hydrogens is 502 g/mol. The fourth-order valence-electron chi connectivity index (χ4n) is 6.65. The third kappa shape index (κ3) is 3.05. The van der Waals surface area contributed by atoms with Crippen LogP contribution < -0.4 is 0 Å². The summed E-state index contributed by atoms with van der Waals surface area (Å²) in [4.78, 5) is 2.66. The Morgan fingerprint density at radius 2 is 1.20 bits per heavy atom. The zero-order valence-corrected chi connectivity index (χ0v) is 22.5. The third-order valence-electron chi connectivity index (χ3n) is 8.36. The van der Waals surface area contributed by atoms with Crippen molar-refractivity contribution in [2.45, 2.75) is 9.79 Å². The van der Waals surface area contributed by atoms with Crippen LogP contribution in [0, 0.1) is 0 Å². The Morgan fingerprint density at radius 1 is 0.450 bits per heavy atom. The third-order valence-corrected chi connectivity index (χ3v) is 9.49. The first kappa shape index (κ1) is 22.1. The summed E-state index contributed by atoms with van der Waals surface area (Å²) in [6, 6.07) is 51.2. The SMILES string of the molecule is c1ccc(-n2c3ccc4ccccc4c3c3cccc(-c4ccc5c(c4)-c4cccc6cccc(c46)S5)c32)cc1. The molecule has 1 aromatic heterocycles. The number of para-hydroxylation sites is 2. The van der Waals surface area contributed by atoms with Gasteiger partial charge in [0.15, 0.2) is 0 Å². The van der Waals surface area contributed by atoms with Crippen molar-refractivity contribution in [1.82, 2.24) is 4.57 Å². The summed E-state index contributed by atoms with van der Waals surface area (Å²) >= 11 is 1.88. The Bertz CT molecular complexity index is 2290. The molecule has 0 N–H and O–H groups in total. The van der Waals surface area contributed by atoms with Crippen molar-refractivity contribution in [1.29, 1.82) is 0 Å². The normalized spacial score (nSPS) is 12.4. The van der Waals surface area contributed by atoms with E-state index in [1.165, 1.54) is 81.1 Å². The van der Waals surface area contributed by atoms with Gasteiger partial charge in [0, 0.05) is 37.2 Å². The molecule has 0 amide bonds. The molecule has 0 saturated carbocycles. The molecule has 186 valence electrons. The van der Waals surface area contributed by atoms with Crippen molar-refractivity contribution in [3.05, 3.63) is 140 Å². The van der Waals surface area contributed by atoms with Gasteiger partial charge in [-0.05, 0) is 69.2 Å². The van der Waals surface area contributed by atoms with Crippen LogP contribution in [0.15, 0.2) is 149 Å². The molecule has 0 spiro atoms. The second kappa shape index (κ2) is 8.35. The van der Waals surface area contributed by atoms with Gasteiger partial charge in [0.25, 0.3) is 0 Å². The minimum atomic E-state index is 1.18. The molecule has 2 heterocycles. The second-order valence-electron chi connectivity index (χ2n) is 10.5. The van der Waals surface area contributed by atoms with Gasteiger partial charge in [-0.2, -0.15) is 0 Å². The average molecular weight is 526 g/mol. The van der Waals surface area contributed by atoms with Crippen LogP contribution in [0.1, 0.15) is 0 Å². The van der Waals surface area contributed by atoms with Crippen molar-refractivity contribution in [3.8, 4) is 27.9 Å². The Balaban J connectivity index is 1.38. The highest BCUT2D eigenvalue weighted by Crippen LogP contribution is 2.49. The van der Waals surface area contributed by atoms with E-state index in [9.17, 15) is 0 Å². The number of fused-ring (bicyclic) bond motifs is 7. The first-order valence-electron chi connectivity index (χ1n) is 13.7. The topological polar surface area (TPSA) is 4.93 Å². The number of benzene rings is 7. The van der Waals surface area contributed by atoms with Crippen LogP contribution >= 0.6 is 11.8 Å². The Hall–Kier alpha value is -4.79. The highest BCUT2D eigenvalue weighted by Gasteiger charge is 2.22. The van der Waals surface area contributed by atoms with Gasteiger partial charge in [-0.3, -0.25) is 0 Å². The summed E-state index contributed by atoms with van der Waals surface area (Å²) < 4.78 is 2.46. The van der Waals surface area contributed by atoms with Crippen LogP contribution in [0.2, 0.25) is 0 Å². The highest BCUT2D eigenvalue weighted by molar-refractivity contribution is 7.99. The predicted molar refractivity (Wildman–Crippen MR) is 171 cm³/mol. The predicted octanol–water partition coefficient (Wildman–Crippen LogP) is 10.9. The van der Waals surface area contributed by atoms with Gasteiger partial charge in [-0.25, -0.2) is 0 Å². The summed E-state index contributed by atoms with van der Waals surface area (Å²) in [7, 11) is 0. The maximum atomic E-state index is 2.46. The van der Waals surface area contributed by atoms with Gasteiger partial charge in [0.1, 0.15) is 0 Å². The van der Waals surface area contributed by atoms with Gasteiger partial charge in [-0.1, -0.05) is 115 Å². The molecule has 0 atom stereocenters. The molecule has 1 aliphatic heterocycles. The lowest BCUT2D eigenvalue weighted by atomic mass is 9.93. The molecule has 0 fully saturated rings. The zero-order chi connectivity index (χ0) is 26.2. The van der Waals surface area contributed by atoms with E-state index in [1.807, 2.05) is 11.8 Å². The summed E-state index contributed by atoms with van der Waals surface area (Å²) in [6.45, 7) is 0. The van der Waals surface area contributed by atoms with Crippen LogP contribution in [0.5, 0.6) is 0 Å². The molecule has 1 aliphatic rings. The van der Waals surface area contributed by atoms with E-state index < -0.39 is 0 Å². The fourth-order valence-corrected chi connectivity index (χ4v) is 7.77. The van der Waals surface area contributed by atoms with Crippen molar-refractivity contribution in [2.75, 3.05) is 0 Å². The summed E-state index contributed by atoms with van der Waals surface area (Å²) in [6.07, 6.45) is 0. The first-order chi connectivity index (χ1) is 19.8. The standard InChI is InChI=1S/C38H23NS/c1-2-12-27(13-3-1)39-33-21-19-24-9-4-5-14-28(24)37(33)31-17-8-15-29(38(31)39)26-20-22-34-32(23-26)30-16-6-10-25-11-7-18-35(40-34)36(25)30/h1-23H. The molecular formula is C38H23NS. The highest BCUT2D eigenvalue weighted by atomic mass is 32.2. The van der Waals surface area contributed by atoms with Gasteiger partial charge < -0.3 is 4.57 Å². The first-order valence-corrected chi connectivity index (χ1v) is 14.5.